The Morgan fingerprint density at radius 3 is 2.50 bits per heavy atom. The Kier molecular flexibility index (Phi) is 6.58. The lowest BCUT2D eigenvalue weighted by molar-refractivity contribution is -0.136. The molecule has 0 aromatic heterocycles. The maximum absolute atomic E-state index is 11.7. The van der Waals surface area contributed by atoms with Gasteiger partial charge in [0, 0.05) is 16.6 Å². The number of rotatable bonds is 6. The van der Waals surface area contributed by atoms with Crippen LogP contribution < -0.4 is 11.1 Å². The van der Waals surface area contributed by atoms with Crippen LogP contribution in [0.2, 0.25) is 0 Å². The Hall–Kier alpha value is -0.630. The number of carbonyl (C=O) groups is 1. The average Bonchev–Trinajstić information content (AvgIpc) is 2.13. The number of hydrogen-bond acceptors (Lipinski definition) is 3. The lowest BCUT2D eigenvalue weighted by Gasteiger charge is -2.09. The van der Waals surface area contributed by atoms with Gasteiger partial charge in [0.15, 0.2) is 0 Å². The van der Waals surface area contributed by atoms with Crippen molar-refractivity contribution < 1.29 is 22.2 Å². The summed E-state index contributed by atoms with van der Waals surface area (Å²) in [4.78, 5) is 10.9. The van der Waals surface area contributed by atoms with Gasteiger partial charge < -0.3 is 11.1 Å². The molecule has 4 nitrogen and oxygen atoms in total. The van der Waals surface area contributed by atoms with E-state index in [2.05, 4.69) is 0 Å². The van der Waals surface area contributed by atoms with Gasteiger partial charge in [-0.05, 0) is 12.5 Å². The fourth-order valence-electron chi connectivity index (χ4n) is 0.840. The standard InChI is InChI=1S/C8H15F3N2O2S/c1-6(2-12)3-16(15)4-7(14)13-5-8(9,10)11/h6H,2-5,12H2,1H3,(H,13,14). The fraction of sp³-hybridized carbons (Fsp3) is 0.875. The minimum absolute atomic E-state index is 0.0174. The normalized spacial score (nSPS) is 15.6. The minimum Gasteiger partial charge on any atom is -0.346 e. The second-order valence-electron chi connectivity index (χ2n) is 3.48. The topological polar surface area (TPSA) is 72.2 Å². The van der Waals surface area contributed by atoms with E-state index >= 15 is 0 Å². The minimum atomic E-state index is -4.44. The first-order valence-corrected chi connectivity index (χ1v) is 6.12. The molecule has 3 N–H and O–H groups in total. The summed E-state index contributed by atoms with van der Waals surface area (Å²) in [6, 6.07) is 0. The predicted octanol–water partition coefficient (Wildman–Crippen LogP) is 0.00840. The number of carbonyl (C=O) groups excluding carboxylic acids is 1. The molecule has 0 heterocycles. The van der Waals surface area contributed by atoms with Gasteiger partial charge in [-0.3, -0.25) is 9.00 Å². The molecule has 0 radical (unpaired) electrons. The third-order valence-electron chi connectivity index (χ3n) is 1.65. The molecule has 16 heavy (non-hydrogen) atoms. The highest BCUT2D eigenvalue weighted by atomic mass is 32.2. The summed E-state index contributed by atoms with van der Waals surface area (Å²) < 4.78 is 46.4. The zero-order valence-electron chi connectivity index (χ0n) is 8.84. The lowest BCUT2D eigenvalue weighted by Crippen LogP contribution is -2.37. The van der Waals surface area contributed by atoms with Crippen molar-refractivity contribution in [3.63, 3.8) is 0 Å². The first-order valence-electron chi connectivity index (χ1n) is 4.63. The number of nitrogens with two attached hydrogens (primary N) is 1. The summed E-state index contributed by atoms with van der Waals surface area (Å²) in [6.07, 6.45) is -4.44. The lowest BCUT2D eigenvalue weighted by atomic mass is 10.2. The van der Waals surface area contributed by atoms with Gasteiger partial charge in [-0.25, -0.2) is 0 Å². The van der Waals surface area contributed by atoms with Crippen LogP contribution in [-0.4, -0.2) is 40.9 Å². The zero-order chi connectivity index (χ0) is 12.8. The molecule has 0 saturated carbocycles. The van der Waals surface area contributed by atoms with E-state index in [9.17, 15) is 22.2 Å². The molecular weight excluding hydrogens is 245 g/mol. The van der Waals surface area contributed by atoms with Crippen LogP contribution in [-0.2, 0) is 15.6 Å². The second-order valence-corrected chi connectivity index (χ2v) is 4.99. The average molecular weight is 260 g/mol. The molecule has 2 unspecified atom stereocenters. The van der Waals surface area contributed by atoms with Gasteiger partial charge in [0.1, 0.15) is 12.3 Å². The molecular formula is C8H15F3N2O2S. The maximum atomic E-state index is 11.7. The molecule has 0 rings (SSSR count). The number of alkyl halides is 3. The third-order valence-corrected chi connectivity index (χ3v) is 3.18. The fourth-order valence-corrected chi connectivity index (χ4v) is 2.12. The summed E-state index contributed by atoms with van der Waals surface area (Å²) in [7, 11) is -1.47. The number of hydrogen-bond donors (Lipinski definition) is 2. The van der Waals surface area contributed by atoms with E-state index in [1.165, 1.54) is 0 Å². The first kappa shape index (κ1) is 15.4. The largest absolute Gasteiger partial charge is 0.405 e. The molecule has 0 aliphatic carbocycles. The molecule has 0 aliphatic heterocycles. The van der Waals surface area contributed by atoms with E-state index in [1.54, 1.807) is 12.2 Å². The van der Waals surface area contributed by atoms with Gasteiger partial charge in [0.2, 0.25) is 5.91 Å². The summed E-state index contributed by atoms with van der Waals surface area (Å²) >= 11 is 0. The van der Waals surface area contributed by atoms with E-state index in [0.717, 1.165) is 0 Å². The van der Waals surface area contributed by atoms with Crippen molar-refractivity contribution in [2.75, 3.05) is 24.6 Å². The van der Waals surface area contributed by atoms with Crippen LogP contribution >= 0.6 is 0 Å². The van der Waals surface area contributed by atoms with Gasteiger partial charge in [-0.1, -0.05) is 6.92 Å². The van der Waals surface area contributed by atoms with Gasteiger partial charge in [-0.2, -0.15) is 13.2 Å². The van der Waals surface area contributed by atoms with Crippen molar-refractivity contribution in [3.8, 4) is 0 Å². The highest BCUT2D eigenvalue weighted by molar-refractivity contribution is 7.85. The molecule has 1 amide bonds. The number of halogens is 3. The van der Waals surface area contributed by atoms with Crippen molar-refractivity contribution in [1.82, 2.24) is 5.32 Å². The number of amides is 1. The van der Waals surface area contributed by atoms with Crippen LogP contribution in [0.4, 0.5) is 13.2 Å². The summed E-state index contributed by atoms with van der Waals surface area (Å²) in [5.41, 5.74) is 5.28. The molecule has 0 spiro atoms. The Labute approximate surface area is 94.2 Å². The van der Waals surface area contributed by atoms with Crippen molar-refractivity contribution in [3.05, 3.63) is 0 Å². The monoisotopic (exact) mass is 260 g/mol. The SMILES string of the molecule is CC(CN)CS(=O)CC(=O)NCC(F)(F)F. The summed E-state index contributed by atoms with van der Waals surface area (Å²) in [5, 5.41) is 1.66. The van der Waals surface area contributed by atoms with Gasteiger partial charge in [0.25, 0.3) is 0 Å². The Morgan fingerprint density at radius 1 is 1.50 bits per heavy atom. The van der Waals surface area contributed by atoms with Crippen LogP contribution in [0.5, 0.6) is 0 Å². The van der Waals surface area contributed by atoms with Crippen LogP contribution in [0.3, 0.4) is 0 Å². The van der Waals surface area contributed by atoms with E-state index in [-0.39, 0.29) is 11.7 Å². The molecule has 2 atom stereocenters. The zero-order valence-corrected chi connectivity index (χ0v) is 9.66. The molecule has 0 saturated heterocycles. The smallest absolute Gasteiger partial charge is 0.346 e. The van der Waals surface area contributed by atoms with Crippen LogP contribution in [0, 0.1) is 5.92 Å². The molecule has 0 aliphatic rings. The van der Waals surface area contributed by atoms with Gasteiger partial charge in [-0.15, -0.1) is 0 Å². The molecule has 0 bridgehead atoms. The van der Waals surface area contributed by atoms with Crippen molar-refractivity contribution in [1.29, 1.82) is 0 Å². The third kappa shape index (κ3) is 8.66. The van der Waals surface area contributed by atoms with Crippen molar-refractivity contribution in [2.24, 2.45) is 11.7 Å². The van der Waals surface area contributed by atoms with Gasteiger partial charge in [0.05, 0.1) is 0 Å². The second kappa shape index (κ2) is 6.85. The van der Waals surface area contributed by atoms with E-state index in [0.29, 0.717) is 6.54 Å². The maximum Gasteiger partial charge on any atom is 0.405 e. The molecule has 0 fully saturated rings. The van der Waals surface area contributed by atoms with Crippen molar-refractivity contribution >= 4 is 16.7 Å². The highest BCUT2D eigenvalue weighted by Crippen LogP contribution is 2.11. The first-order chi connectivity index (χ1) is 7.24. The molecule has 0 aromatic rings. The van der Waals surface area contributed by atoms with Crippen LogP contribution in [0.25, 0.3) is 0 Å². The van der Waals surface area contributed by atoms with Crippen molar-refractivity contribution in [2.45, 2.75) is 13.1 Å². The number of nitrogens with one attached hydrogen (secondary N) is 1. The highest BCUT2D eigenvalue weighted by Gasteiger charge is 2.27. The molecule has 8 heteroatoms. The molecule has 0 aromatic carbocycles. The van der Waals surface area contributed by atoms with Crippen LogP contribution in [0.1, 0.15) is 6.92 Å². The quantitative estimate of drug-likeness (QED) is 0.706. The Bertz CT molecular complexity index is 258. The van der Waals surface area contributed by atoms with E-state index < -0.39 is 35.2 Å². The van der Waals surface area contributed by atoms with E-state index in [1.807, 2.05) is 0 Å². The van der Waals surface area contributed by atoms with Gasteiger partial charge >= 0.3 is 6.18 Å². The van der Waals surface area contributed by atoms with Crippen LogP contribution in [0.15, 0.2) is 0 Å². The summed E-state index contributed by atoms with van der Waals surface area (Å²) in [6.45, 7) is 0.691. The van der Waals surface area contributed by atoms with E-state index in [4.69, 9.17) is 5.73 Å². The Balaban J connectivity index is 3.84. The predicted molar refractivity (Wildman–Crippen MR) is 55.2 cm³/mol. The summed E-state index contributed by atoms with van der Waals surface area (Å²) in [5.74, 6) is -1.08. The molecule has 96 valence electrons. The Morgan fingerprint density at radius 2 is 2.06 bits per heavy atom.